The standard InChI is InChI=1S/C21H31NSi2/c1-18(20-11-9-8-10-12-20)21-15-13-19(14-16-21)17-22(23(2,3)4)24(5,6)7/h8-16H,1,17H2,2-7H3. The Bertz CT molecular complexity index is 663. The van der Waals surface area contributed by atoms with Crippen molar-refractivity contribution in [3.63, 3.8) is 0 Å². The maximum absolute atomic E-state index is 4.27. The first-order valence-electron chi connectivity index (χ1n) is 8.70. The van der Waals surface area contributed by atoms with Crippen LogP contribution in [0.2, 0.25) is 39.3 Å². The van der Waals surface area contributed by atoms with Crippen LogP contribution in [0.15, 0.2) is 61.2 Å². The van der Waals surface area contributed by atoms with E-state index in [1.807, 2.05) is 6.07 Å². The van der Waals surface area contributed by atoms with Gasteiger partial charge in [0.05, 0.1) is 0 Å². The third-order valence-electron chi connectivity index (χ3n) is 4.38. The van der Waals surface area contributed by atoms with Gasteiger partial charge in [0.15, 0.2) is 0 Å². The molecular formula is C21H31NSi2. The van der Waals surface area contributed by atoms with Gasteiger partial charge in [-0.1, -0.05) is 100 Å². The third-order valence-corrected chi connectivity index (χ3v) is 12.0. The molecule has 0 heterocycles. The highest BCUT2D eigenvalue weighted by Gasteiger charge is 2.34. The van der Waals surface area contributed by atoms with Crippen molar-refractivity contribution in [2.24, 2.45) is 0 Å². The smallest absolute Gasteiger partial charge is 0.112 e. The van der Waals surface area contributed by atoms with Crippen molar-refractivity contribution >= 4 is 22.0 Å². The van der Waals surface area contributed by atoms with Gasteiger partial charge in [-0.15, -0.1) is 0 Å². The average molecular weight is 354 g/mol. The van der Waals surface area contributed by atoms with Crippen LogP contribution in [0.25, 0.3) is 5.57 Å². The first-order valence-corrected chi connectivity index (χ1v) is 15.6. The van der Waals surface area contributed by atoms with Crippen LogP contribution in [0.3, 0.4) is 0 Å². The molecule has 0 aromatic heterocycles. The Morgan fingerprint density at radius 3 is 1.67 bits per heavy atom. The van der Waals surface area contributed by atoms with Gasteiger partial charge in [0.1, 0.15) is 16.5 Å². The number of hydrogen-bond acceptors (Lipinski definition) is 1. The van der Waals surface area contributed by atoms with Gasteiger partial charge in [0.2, 0.25) is 0 Å². The minimum Gasteiger partial charge on any atom is -0.342 e. The zero-order valence-electron chi connectivity index (χ0n) is 16.1. The molecule has 0 aliphatic heterocycles. The van der Waals surface area contributed by atoms with Crippen LogP contribution >= 0.6 is 0 Å². The fourth-order valence-electron chi connectivity index (χ4n) is 3.28. The second-order valence-corrected chi connectivity index (χ2v) is 18.7. The molecular weight excluding hydrogens is 322 g/mol. The van der Waals surface area contributed by atoms with E-state index in [0.29, 0.717) is 0 Å². The molecule has 0 spiro atoms. The summed E-state index contributed by atoms with van der Waals surface area (Å²) in [6.07, 6.45) is 0. The highest BCUT2D eigenvalue weighted by atomic mass is 28.4. The lowest BCUT2D eigenvalue weighted by Gasteiger charge is -2.43. The van der Waals surface area contributed by atoms with E-state index in [0.717, 1.165) is 12.1 Å². The van der Waals surface area contributed by atoms with Crippen LogP contribution in [-0.4, -0.2) is 20.7 Å². The van der Waals surface area contributed by atoms with Crippen molar-refractivity contribution in [2.75, 3.05) is 0 Å². The number of hydrogen-bond donors (Lipinski definition) is 0. The Balaban J connectivity index is 2.19. The Morgan fingerprint density at radius 2 is 1.21 bits per heavy atom. The van der Waals surface area contributed by atoms with Crippen molar-refractivity contribution in [3.8, 4) is 0 Å². The van der Waals surface area contributed by atoms with Crippen LogP contribution in [-0.2, 0) is 6.54 Å². The predicted molar refractivity (Wildman–Crippen MR) is 113 cm³/mol. The first kappa shape index (κ1) is 18.9. The lowest BCUT2D eigenvalue weighted by molar-refractivity contribution is 0.612. The molecule has 0 atom stereocenters. The summed E-state index contributed by atoms with van der Waals surface area (Å²) >= 11 is 0. The summed E-state index contributed by atoms with van der Waals surface area (Å²) in [4.78, 5) is 0. The molecule has 0 saturated heterocycles. The van der Waals surface area contributed by atoms with Crippen LogP contribution in [0.1, 0.15) is 16.7 Å². The first-order chi connectivity index (χ1) is 11.1. The van der Waals surface area contributed by atoms with Gasteiger partial charge >= 0.3 is 0 Å². The molecule has 0 saturated carbocycles. The Labute approximate surface area is 150 Å². The second-order valence-electron chi connectivity index (χ2n) is 8.47. The zero-order valence-corrected chi connectivity index (χ0v) is 18.1. The third kappa shape index (κ3) is 4.79. The average Bonchev–Trinajstić information content (AvgIpc) is 2.51. The van der Waals surface area contributed by atoms with Crippen LogP contribution < -0.4 is 0 Å². The maximum Gasteiger partial charge on any atom is 0.112 e. The van der Waals surface area contributed by atoms with Crippen LogP contribution in [0.4, 0.5) is 0 Å². The predicted octanol–water partition coefficient (Wildman–Crippen LogP) is 6.22. The molecule has 0 radical (unpaired) electrons. The monoisotopic (exact) mass is 353 g/mol. The Kier molecular flexibility index (Phi) is 5.68. The quantitative estimate of drug-likeness (QED) is 0.557. The highest BCUT2D eigenvalue weighted by molar-refractivity contribution is 6.89. The Morgan fingerprint density at radius 1 is 0.750 bits per heavy atom. The minimum atomic E-state index is -1.32. The molecule has 0 N–H and O–H groups in total. The molecule has 2 aromatic rings. The van der Waals surface area contributed by atoms with Crippen molar-refractivity contribution < 1.29 is 0 Å². The summed E-state index contributed by atoms with van der Waals surface area (Å²) < 4.78 is 2.82. The number of rotatable bonds is 6. The summed E-state index contributed by atoms with van der Waals surface area (Å²) in [5.41, 5.74) is 4.90. The van der Waals surface area contributed by atoms with E-state index in [1.54, 1.807) is 0 Å². The van der Waals surface area contributed by atoms with Gasteiger partial charge in [-0.05, 0) is 22.3 Å². The summed E-state index contributed by atoms with van der Waals surface area (Å²) in [5.74, 6) is 0. The fraction of sp³-hybridized carbons (Fsp3) is 0.333. The molecule has 2 rings (SSSR count). The normalized spacial score (nSPS) is 12.5. The molecule has 0 aliphatic carbocycles. The molecule has 0 fully saturated rings. The molecule has 0 unspecified atom stereocenters. The lowest BCUT2D eigenvalue weighted by atomic mass is 9.99. The van der Waals surface area contributed by atoms with E-state index in [9.17, 15) is 0 Å². The van der Waals surface area contributed by atoms with E-state index >= 15 is 0 Å². The summed E-state index contributed by atoms with van der Waals surface area (Å²) in [6, 6.07) is 19.4. The van der Waals surface area contributed by atoms with Gasteiger partial charge in [0, 0.05) is 6.54 Å². The largest absolute Gasteiger partial charge is 0.342 e. The van der Waals surface area contributed by atoms with Crippen molar-refractivity contribution in [2.45, 2.75) is 45.8 Å². The molecule has 0 bridgehead atoms. The van der Waals surface area contributed by atoms with E-state index < -0.39 is 16.5 Å². The van der Waals surface area contributed by atoms with Crippen molar-refractivity contribution in [1.29, 1.82) is 0 Å². The summed E-state index contributed by atoms with van der Waals surface area (Å²) in [5, 5.41) is 0. The van der Waals surface area contributed by atoms with Crippen molar-refractivity contribution in [1.82, 2.24) is 4.23 Å². The zero-order chi connectivity index (χ0) is 18.0. The maximum atomic E-state index is 4.27. The van der Waals surface area contributed by atoms with Crippen LogP contribution in [0.5, 0.6) is 0 Å². The second kappa shape index (κ2) is 7.22. The van der Waals surface area contributed by atoms with Gasteiger partial charge < -0.3 is 4.23 Å². The highest BCUT2D eigenvalue weighted by Crippen LogP contribution is 2.25. The van der Waals surface area contributed by atoms with Gasteiger partial charge in [0.25, 0.3) is 0 Å². The summed E-state index contributed by atoms with van der Waals surface area (Å²) in [7, 11) is -2.63. The molecule has 1 nitrogen and oxygen atoms in total. The molecule has 2 aromatic carbocycles. The molecule has 3 heteroatoms. The van der Waals surface area contributed by atoms with Gasteiger partial charge in [-0.25, -0.2) is 0 Å². The summed E-state index contributed by atoms with van der Waals surface area (Å²) in [6.45, 7) is 20.1. The van der Waals surface area contributed by atoms with Gasteiger partial charge in [-0.2, -0.15) is 0 Å². The van der Waals surface area contributed by atoms with E-state index in [4.69, 9.17) is 0 Å². The Hall–Kier alpha value is -1.43. The van der Waals surface area contributed by atoms with Crippen molar-refractivity contribution in [3.05, 3.63) is 77.9 Å². The molecule has 0 amide bonds. The molecule has 24 heavy (non-hydrogen) atoms. The van der Waals surface area contributed by atoms with E-state index in [-0.39, 0.29) is 0 Å². The lowest BCUT2D eigenvalue weighted by Crippen LogP contribution is -2.58. The van der Waals surface area contributed by atoms with Gasteiger partial charge in [-0.3, -0.25) is 0 Å². The minimum absolute atomic E-state index is 1.07. The van der Waals surface area contributed by atoms with Crippen LogP contribution in [0, 0.1) is 0 Å². The fourth-order valence-corrected chi connectivity index (χ4v) is 12.6. The van der Waals surface area contributed by atoms with E-state index in [1.165, 1.54) is 16.7 Å². The SMILES string of the molecule is C=C(c1ccccc1)c1ccc(CN([Si](C)(C)C)[Si](C)(C)C)cc1. The number of nitrogens with zero attached hydrogens (tertiary/aromatic N) is 1. The van der Waals surface area contributed by atoms with E-state index in [2.05, 4.69) is 98.6 Å². The molecule has 128 valence electrons. The topological polar surface area (TPSA) is 3.24 Å². The number of benzene rings is 2. The molecule has 0 aliphatic rings.